The summed E-state index contributed by atoms with van der Waals surface area (Å²) in [4.78, 5) is 54.4. The SMILES string of the molecule is Cc1ccc(C(C(=O)Nc2c(C)cccc2Cl)N(C(=O)C(CCC(N)=O)NC(=O)OC(C)(C)C)C(C)(C)C)cc1C. The van der Waals surface area contributed by atoms with Crippen LogP contribution in [0.1, 0.15) is 82.7 Å². The number of rotatable bonds is 9. The number of nitrogens with zero attached hydrogens (tertiary/aromatic N) is 1. The van der Waals surface area contributed by atoms with E-state index in [4.69, 9.17) is 22.1 Å². The maximum atomic E-state index is 14.4. The van der Waals surface area contributed by atoms with Crippen LogP contribution < -0.4 is 16.4 Å². The zero-order valence-corrected chi connectivity index (χ0v) is 26.2. The number of hydrogen-bond acceptors (Lipinski definition) is 5. The zero-order valence-electron chi connectivity index (χ0n) is 25.5. The first kappa shape index (κ1) is 33.6. The molecule has 224 valence electrons. The molecule has 2 rings (SSSR count). The number of alkyl carbamates (subject to hydrolysis) is 1. The molecule has 2 atom stereocenters. The molecule has 0 bridgehead atoms. The number of ether oxygens (including phenoxy) is 1. The summed E-state index contributed by atoms with van der Waals surface area (Å²) < 4.78 is 5.39. The predicted molar refractivity (Wildman–Crippen MR) is 162 cm³/mol. The van der Waals surface area contributed by atoms with Crippen LogP contribution in [0.2, 0.25) is 5.02 Å². The zero-order chi connectivity index (χ0) is 31.3. The molecule has 0 spiro atoms. The average Bonchev–Trinajstić information content (AvgIpc) is 2.81. The minimum atomic E-state index is -1.19. The number of primary amides is 1. The Bertz CT molecular complexity index is 1280. The molecule has 0 heterocycles. The number of para-hydroxylation sites is 1. The molecule has 9 nitrogen and oxygen atoms in total. The van der Waals surface area contributed by atoms with Crippen molar-refractivity contribution < 1.29 is 23.9 Å². The number of carbonyl (C=O) groups excluding carboxylic acids is 4. The number of carbonyl (C=O) groups is 4. The van der Waals surface area contributed by atoms with E-state index in [1.165, 1.54) is 4.90 Å². The molecule has 0 aromatic heterocycles. The first-order chi connectivity index (χ1) is 18.8. The van der Waals surface area contributed by atoms with Crippen molar-refractivity contribution in [2.75, 3.05) is 5.32 Å². The fourth-order valence-electron chi connectivity index (χ4n) is 4.34. The molecule has 2 aromatic rings. The summed E-state index contributed by atoms with van der Waals surface area (Å²) in [7, 11) is 0. The van der Waals surface area contributed by atoms with Gasteiger partial charge in [-0.15, -0.1) is 0 Å². The van der Waals surface area contributed by atoms with Crippen LogP contribution in [0.15, 0.2) is 36.4 Å². The highest BCUT2D eigenvalue weighted by Gasteiger charge is 2.42. The van der Waals surface area contributed by atoms with Crippen molar-refractivity contribution in [1.82, 2.24) is 10.2 Å². The topological polar surface area (TPSA) is 131 Å². The van der Waals surface area contributed by atoms with Crippen LogP contribution in [-0.4, -0.2) is 45.9 Å². The Morgan fingerprint density at radius 1 is 0.951 bits per heavy atom. The molecule has 2 unspecified atom stereocenters. The summed E-state index contributed by atoms with van der Waals surface area (Å²) in [5.74, 6) is -1.69. The molecule has 4 amide bonds. The third-order valence-corrected chi connectivity index (χ3v) is 6.77. The van der Waals surface area contributed by atoms with Gasteiger partial charge in [0.1, 0.15) is 17.7 Å². The average molecular weight is 587 g/mol. The van der Waals surface area contributed by atoms with Gasteiger partial charge in [0.15, 0.2) is 0 Å². The van der Waals surface area contributed by atoms with Gasteiger partial charge >= 0.3 is 6.09 Å². The Morgan fingerprint density at radius 2 is 1.59 bits per heavy atom. The molecule has 0 radical (unpaired) electrons. The molecular formula is C31H43ClN4O5. The van der Waals surface area contributed by atoms with Crippen molar-refractivity contribution in [3.63, 3.8) is 0 Å². The van der Waals surface area contributed by atoms with E-state index < -0.39 is 47.0 Å². The minimum absolute atomic E-state index is 0.0785. The Balaban J connectivity index is 2.68. The van der Waals surface area contributed by atoms with E-state index in [9.17, 15) is 19.2 Å². The van der Waals surface area contributed by atoms with Gasteiger partial charge in [-0.25, -0.2) is 4.79 Å². The highest BCUT2D eigenvalue weighted by Crippen LogP contribution is 2.34. The van der Waals surface area contributed by atoms with Crippen molar-refractivity contribution in [2.45, 2.75) is 98.4 Å². The number of nitrogens with two attached hydrogens (primary N) is 1. The van der Waals surface area contributed by atoms with Crippen LogP contribution >= 0.6 is 11.6 Å². The molecule has 0 aliphatic carbocycles. The first-order valence-electron chi connectivity index (χ1n) is 13.6. The predicted octanol–water partition coefficient (Wildman–Crippen LogP) is 5.73. The molecule has 0 saturated carbocycles. The van der Waals surface area contributed by atoms with Crippen molar-refractivity contribution in [3.05, 3.63) is 63.7 Å². The number of anilines is 1. The molecular weight excluding hydrogens is 544 g/mol. The largest absolute Gasteiger partial charge is 0.444 e. The minimum Gasteiger partial charge on any atom is -0.444 e. The Kier molecular flexibility index (Phi) is 11.0. The number of amides is 4. The molecule has 10 heteroatoms. The van der Waals surface area contributed by atoms with Crippen LogP contribution in [-0.2, 0) is 19.1 Å². The van der Waals surface area contributed by atoms with E-state index in [0.29, 0.717) is 16.3 Å². The van der Waals surface area contributed by atoms with Gasteiger partial charge in [0.05, 0.1) is 10.7 Å². The molecule has 0 fully saturated rings. The summed E-state index contributed by atoms with van der Waals surface area (Å²) in [5, 5.41) is 5.89. The van der Waals surface area contributed by atoms with Crippen molar-refractivity contribution in [1.29, 1.82) is 0 Å². The van der Waals surface area contributed by atoms with Crippen LogP contribution in [0, 0.1) is 20.8 Å². The summed E-state index contributed by atoms with van der Waals surface area (Å²) >= 11 is 6.43. The van der Waals surface area contributed by atoms with Gasteiger partial charge < -0.3 is 26.0 Å². The van der Waals surface area contributed by atoms with Gasteiger partial charge in [0.25, 0.3) is 5.91 Å². The highest BCUT2D eigenvalue weighted by atomic mass is 35.5. The van der Waals surface area contributed by atoms with E-state index in [1.54, 1.807) is 59.7 Å². The number of benzene rings is 2. The van der Waals surface area contributed by atoms with E-state index in [1.807, 2.05) is 39.0 Å². The molecule has 4 N–H and O–H groups in total. The highest BCUT2D eigenvalue weighted by molar-refractivity contribution is 6.34. The number of nitrogens with one attached hydrogen (secondary N) is 2. The smallest absolute Gasteiger partial charge is 0.408 e. The summed E-state index contributed by atoms with van der Waals surface area (Å²) in [5.41, 5.74) is 7.39. The third kappa shape index (κ3) is 9.49. The van der Waals surface area contributed by atoms with Crippen LogP contribution in [0.3, 0.4) is 0 Å². The molecule has 0 aliphatic rings. The molecule has 41 heavy (non-hydrogen) atoms. The lowest BCUT2D eigenvalue weighted by Crippen LogP contribution is -2.58. The van der Waals surface area contributed by atoms with E-state index in [2.05, 4.69) is 10.6 Å². The fraction of sp³-hybridized carbons (Fsp3) is 0.484. The third-order valence-electron chi connectivity index (χ3n) is 6.45. The molecule has 2 aromatic carbocycles. The van der Waals surface area contributed by atoms with Gasteiger partial charge in [-0.2, -0.15) is 0 Å². The lowest BCUT2D eigenvalue weighted by molar-refractivity contribution is -0.147. The van der Waals surface area contributed by atoms with Gasteiger partial charge in [0, 0.05) is 12.0 Å². The van der Waals surface area contributed by atoms with Crippen LogP contribution in [0.4, 0.5) is 10.5 Å². The number of halogens is 1. The second-order valence-corrected chi connectivity index (χ2v) is 12.7. The van der Waals surface area contributed by atoms with Crippen LogP contribution in [0.25, 0.3) is 0 Å². The summed E-state index contributed by atoms with van der Waals surface area (Å²) in [6, 6.07) is 8.53. The quantitative estimate of drug-likeness (QED) is 0.345. The maximum absolute atomic E-state index is 14.4. The monoisotopic (exact) mass is 586 g/mol. The molecule has 0 aliphatic heterocycles. The van der Waals surface area contributed by atoms with E-state index in [0.717, 1.165) is 16.7 Å². The lowest BCUT2D eigenvalue weighted by atomic mass is 9.93. The lowest BCUT2D eigenvalue weighted by Gasteiger charge is -2.43. The number of hydrogen-bond donors (Lipinski definition) is 3. The summed E-state index contributed by atoms with van der Waals surface area (Å²) in [6.07, 6.45) is -1.07. The van der Waals surface area contributed by atoms with Crippen molar-refractivity contribution in [3.8, 4) is 0 Å². The Labute approximate surface area is 248 Å². The first-order valence-corrected chi connectivity index (χ1v) is 13.9. The van der Waals surface area contributed by atoms with E-state index >= 15 is 0 Å². The van der Waals surface area contributed by atoms with Crippen LogP contribution in [0.5, 0.6) is 0 Å². The van der Waals surface area contributed by atoms with Gasteiger partial charge in [-0.1, -0.05) is 41.9 Å². The van der Waals surface area contributed by atoms with E-state index in [-0.39, 0.29) is 12.8 Å². The van der Waals surface area contributed by atoms with Crippen molar-refractivity contribution >= 4 is 41.1 Å². The number of aryl methyl sites for hydroxylation is 3. The van der Waals surface area contributed by atoms with Gasteiger partial charge in [-0.3, -0.25) is 14.4 Å². The molecule has 0 saturated heterocycles. The summed E-state index contributed by atoms with van der Waals surface area (Å²) in [6.45, 7) is 16.2. The Morgan fingerprint density at radius 3 is 2.10 bits per heavy atom. The Hall–Kier alpha value is -3.59. The maximum Gasteiger partial charge on any atom is 0.408 e. The normalized spacial score (nSPS) is 13.1. The van der Waals surface area contributed by atoms with Gasteiger partial charge in [-0.05, 0) is 97.1 Å². The van der Waals surface area contributed by atoms with Gasteiger partial charge in [0.2, 0.25) is 11.8 Å². The fourth-order valence-corrected chi connectivity index (χ4v) is 4.61. The standard InChI is InChI=1S/C31H43ClN4O5/c1-18-13-14-21(17-20(18)3)26(27(38)35-25-19(2)11-10-12-22(25)32)36(30(4,5)6)28(39)23(15-16-24(33)37)34-29(40)41-31(7,8)9/h10-14,17,23,26H,15-16H2,1-9H3,(H2,33,37)(H,34,40)(H,35,38). The second kappa shape index (κ2) is 13.4. The van der Waals surface area contributed by atoms with Crippen molar-refractivity contribution in [2.24, 2.45) is 5.73 Å². The second-order valence-electron chi connectivity index (χ2n) is 12.3.